The number of anilines is 2. The molecule has 20 heavy (non-hydrogen) atoms. The van der Waals surface area contributed by atoms with Gasteiger partial charge in [0.05, 0.1) is 18.4 Å². The minimum Gasteiger partial charge on any atom is -0.505 e. The number of aromatic hydroxyl groups is 1. The summed E-state index contributed by atoms with van der Waals surface area (Å²) in [5.74, 6) is -1.41. The van der Waals surface area contributed by atoms with E-state index in [0.717, 1.165) is 6.07 Å². The van der Waals surface area contributed by atoms with Crippen molar-refractivity contribution in [2.45, 2.75) is 0 Å². The van der Waals surface area contributed by atoms with Gasteiger partial charge >= 0.3 is 0 Å². The number of hydrogen-bond acceptors (Lipinski definition) is 4. The molecule has 0 aliphatic heterocycles. The molecule has 0 saturated heterocycles. The van der Waals surface area contributed by atoms with Crippen molar-refractivity contribution < 1.29 is 19.0 Å². The molecule has 0 atom stereocenters. The first kappa shape index (κ1) is 13.7. The molecular formula is C14H13FN2O3. The van der Waals surface area contributed by atoms with Gasteiger partial charge in [-0.2, -0.15) is 0 Å². The Balaban J connectivity index is 2.24. The zero-order chi connectivity index (χ0) is 14.7. The van der Waals surface area contributed by atoms with Crippen LogP contribution in [-0.4, -0.2) is 18.1 Å². The molecule has 2 aromatic carbocycles. The van der Waals surface area contributed by atoms with Crippen molar-refractivity contribution in [1.82, 2.24) is 0 Å². The van der Waals surface area contributed by atoms with Crippen molar-refractivity contribution in [3.05, 3.63) is 47.8 Å². The molecule has 104 valence electrons. The normalized spacial score (nSPS) is 10.1. The molecule has 0 radical (unpaired) electrons. The molecule has 5 nitrogen and oxygen atoms in total. The van der Waals surface area contributed by atoms with E-state index in [1.165, 1.54) is 31.4 Å². The third-order valence-corrected chi connectivity index (χ3v) is 2.72. The number of hydrogen-bond donors (Lipinski definition) is 3. The lowest BCUT2D eigenvalue weighted by Gasteiger charge is -2.09. The van der Waals surface area contributed by atoms with Crippen LogP contribution in [0.3, 0.4) is 0 Å². The summed E-state index contributed by atoms with van der Waals surface area (Å²) >= 11 is 0. The summed E-state index contributed by atoms with van der Waals surface area (Å²) in [7, 11) is 1.35. The van der Waals surface area contributed by atoms with E-state index in [9.17, 15) is 14.3 Å². The van der Waals surface area contributed by atoms with Gasteiger partial charge in [-0.25, -0.2) is 4.39 Å². The van der Waals surface area contributed by atoms with E-state index in [-0.39, 0.29) is 28.4 Å². The summed E-state index contributed by atoms with van der Waals surface area (Å²) in [4.78, 5) is 12.0. The van der Waals surface area contributed by atoms with E-state index in [4.69, 9.17) is 10.5 Å². The van der Waals surface area contributed by atoms with Crippen molar-refractivity contribution in [1.29, 1.82) is 0 Å². The Hall–Kier alpha value is -2.76. The summed E-state index contributed by atoms with van der Waals surface area (Å²) in [6.07, 6.45) is 0. The molecule has 0 aromatic heterocycles. The first-order valence-corrected chi connectivity index (χ1v) is 5.75. The second-order valence-electron chi connectivity index (χ2n) is 4.05. The molecule has 0 saturated carbocycles. The molecular weight excluding hydrogens is 263 g/mol. The number of carbonyl (C=O) groups is 1. The summed E-state index contributed by atoms with van der Waals surface area (Å²) < 4.78 is 18.3. The van der Waals surface area contributed by atoms with Crippen molar-refractivity contribution in [2.75, 3.05) is 18.2 Å². The first-order valence-electron chi connectivity index (χ1n) is 5.75. The van der Waals surface area contributed by atoms with Crippen molar-refractivity contribution in [2.24, 2.45) is 0 Å². The van der Waals surface area contributed by atoms with Crippen LogP contribution in [0.15, 0.2) is 36.4 Å². The van der Waals surface area contributed by atoms with Gasteiger partial charge in [-0.1, -0.05) is 6.07 Å². The topological polar surface area (TPSA) is 84.6 Å². The van der Waals surface area contributed by atoms with E-state index in [1.54, 1.807) is 6.07 Å². The van der Waals surface area contributed by atoms with Crippen LogP contribution in [0.2, 0.25) is 0 Å². The number of phenols is 1. The van der Waals surface area contributed by atoms with Gasteiger partial charge in [-0.15, -0.1) is 0 Å². The molecule has 2 rings (SSSR count). The second kappa shape index (κ2) is 5.48. The van der Waals surface area contributed by atoms with E-state index < -0.39 is 11.7 Å². The monoisotopic (exact) mass is 276 g/mol. The number of rotatable bonds is 3. The lowest BCUT2D eigenvalue weighted by Crippen LogP contribution is -2.12. The van der Waals surface area contributed by atoms with Gasteiger partial charge < -0.3 is 20.9 Å². The van der Waals surface area contributed by atoms with E-state index >= 15 is 0 Å². The Bertz CT molecular complexity index is 659. The molecule has 6 heteroatoms. The molecule has 0 heterocycles. The number of ether oxygens (including phenoxy) is 1. The minimum atomic E-state index is -0.595. The standard InChI is InChI=1S/C14H13FN2O3/c1-20-12-6-5-8(7-10(12)15)17-14(19)9-3-2-4-11(16)13(9)18/h2-7,18H,16H2,1H3,(H,17,19). The second-order valence-corrected chi connectivity index (χ2v) is 4.05. The minimum absolute atomic E-state index is 0.0150. The SMILES string of the molecule is COc1ccc(NC(=O)c2cccc(N)c2O)cc1F. The molecule has 0 aliphatic carbocycles. The molecule has 0 aliphatic rings. The first-order chi connectivity index (χ1) is 9.52. The van der Waals surface area contributed by atoms with Crippen molar-refractivity contribution >= 4 is 17.3 Å². The van der Waals surface area contributed by atoms with Crippen LogP contribution in [0, 0.1) is 5.82 Å². The third-order valence-electron chi connectivity index (χ3n) is 2.72. The van der Waals surface area contributed by atoms with Gasteiger partial charge in [0.25, 0.3) is 5.91 Å². The van der Waals surface area contributed by atoms with Gasteiger partial charge in [0, 0.05) is 11.8 Å². The van der Waals surface area contributed by atoms with Crippen LogP contribution >= 0.6 is 0 Å². The number of halogens is 1. The average molecular weight is 276 g/mol. The number of para-hydroxylation sites is 1. The van der Waals surface area contributed by atoms with Crippen molar-refractivity contribution in [3.8, 4) is 11.5 Å². The third kappa shape index (κ3) is 2.64. The maximum absolute atomic E-state index is 13.5. The summed E-state index contributed by atoms with van der Waals surface area (Å²) in [6.45, 7) is 0. The lowest BCUT2D eigenvalue weighted by atomic mass is 10.1. The number of nitrogen functional groups attached to an aromatic ring is 1. The molecule has 0 unspecified atom stereocenters. The van der Waals surface area contributed by atoms with Crippen LogP contribution in [0.4, 0.5) is 15.8 Å². The number of carbonyl (C=O) groups excluding carboxylic acids is 1. The summed E-state index contributed by atoms with van der Waals surface area (Å²) in [5.41, 5.74) is 5.86. The van der Waals surface area contributed by atoms with E-state index in [2.05, 4.69) is 5.32 Å². The van der Waals surface area contributed by atoms with Gasteiger partial charge in [0.1, 0.15) is 0 Å². The van der Waals surface area contributed by atoms with Crippen molar-refractivity contribution in [3.63, 3.8) is 0 Å². The fraction of sp³-hybridized carbons (Fsp3) is 0.0714. The highest BCUT2D eigenvalue weighted by molar-refractivity contribution is 6.07. The fourth-order valence-corrected chi connectivity index (χ4v) is 1.69. The molecule has 0 fully saturated rings. The number of benzene rings is 2. The predicted molar refractivity (Wildman–Crippen MR) is 73.4 cm³/mol. The Morgan fingerprint density at radius 2 is 2.10 bits per heavy atom. The van der Waals surface area contributed by atoms with Crippen LogP contribution in [0.5, 0.6) is 11.5 Å². The summed E-state index contributed by atoms with van der Waals surface area (Å²) in [6, 6.07) is 8.44. The highest BCUT2D eigenvalue weighted by Gasteiger charge is 2.14. The Morgan fingerprint density at radius 3 is 2.75 bits per heavy atom. The molecule has 4 N–H and O–H groups in total. The summed E-state index contributed by atoms with van der Waals surface area (Å²) in [5, 5.41) is 12.2. The van der Waals surface area contributed by atoms with Crippen LogP contribution in [0.1, 0.15) is 10.4 Å². The Kier molecular flexibility index (Phi) is 3.74. The van der Waals surface area contributed by atoms with E-state index in [1.807, 2.05) is 0 Å². The van der Waals surface area contributed by atoms with Crippen LogP contribution < -0.4 is 15.8 Å². The van der Waals surface area contributed by atoms with Crippen LogP contribution in [0.25, 0.3) is 0 Å². The highest BCUT2D eigenvalue weighted by Crippen LogP contribution is 2.26. The maximum atomic E-state index is 13.5. The number of amides is 1. The number of methoxy groups -OCH3 is 1. The molecule has 0 spiro atoms. The number of phenolic OH excluding ortho intramolecular Hbond substituents is 1. The zero-order valence-corrected chi connectivity index (χ0v) is 10.7. The highest BCUT2D eigenvalue weighted by atomic mass is 19.1. The van der Waals surface area contributed by atoms with Crippen LogP contribution in [-0.2, 0) is 0 Å². The maximum Gasteiger partial charge on any atom is 0.259 e. The van der Waals surface area contributed by atoms with E-state index in [0.29, 0.717) is 0 Å². The average Bonchev–Trinajstić information content (AvgIpc) is 2.42. The number of nitrogens with two attached hydrogens (primary N) is 1. The smallest absolute Gasteiger partial charge is 0.259 e. The number of nitrogens with one attached hydrogen (secondary N) is 1. The zero-order valence-electron chi connectivity index (χ0n) is 10.7. The molecule has 2 aromatic rings. The van der Waals surface area contributed by atoms with Gasteiger partial charge in [0.15, 0.2) is 17.3 Å². The largest absolute Gasteiger partial charge is 0.505 e. The quantitative estimate of drug-likeness (QED) is 0.593. The predicted octanol–water partition coefficient (Wildman–Crippen LogP) is 2.37. The Labute approximate surface area is 114 Å². The molecule has 0 bridgehead atoms. The van der Waals surface area contributed by atoms with Gasteiger partial charge in [0.2, 0.25) is 0 Å². The van der Waals surface area contributed by atoms with Gasteiger partial charge in [-0.3, -0.25) is 4.79 Å². The molecule has 1 amide bonds. The van der Waals surface area contributed by atoms with Gasteiger partial charge in [-0.05, 0) is 24.3 Å². The lowest BCUT2D eigenvalue weighted by molar-refractivity contribution is 0.102. The Morgan fingerprint density at radius 1 is 1.35 bits per heavy atom. The fourth-order valence-electron chi connectivity index (χ4n) is 1.69.